The second kappa shape index (κ2) is 12.4. The van der Waals surface area contributed by atoms with E-state index in [4.69, 9.17) is 9.47 Å². The molecule has 0 N–H and O–H groups in total. The molecule has 1 aromatic carbocycles. The highest BCUT2D eigenvalue weighted by Gasteiger charge is 2.03. The van der Waals surface area contributed by atoms with Crippen LogP contribution in [0.3, 0.4) is 0 Å². The van der Waals surface area contributed by atoms with Crippen molar-refractivity contribution in [3.05, 3.63) is 30.3 Å². The van der Waals surface area contributed by atoms with Gasteiger partial charge in [0.05, 0.1) is 0 Å². The molecule has 1 unspecified atom stereocenters. The molecule has 0 bridgehead atoms. The molecule has 1 atom stereocenters. The zero-order valence-electron chi connectivity index (χ0n) is 12.3. The van der Waals surface area contributed by atoms with Crippen molar-refractivity contribution in [3.63, 3.8) is 0 Å². The fraction of sp³-hybridized carbons (Fsp3) is 0.625. The van der Waals surface area contributed by atoms with Gasteiger partial charge in [-0.15, -0.1) is 0 Å². The minimum atomic E-state index is -0.132. The molecule has 0 aliphatic heterocycles. The van der Waals surface area contributed by atoms with Crippen LogP contribution in [0.1, 0.15) is 52.9 Å². The molecule has 0 aliphatic carbocycles. The Labute approximate surface area is 112 Å². The van der Waals surface area contributed by atoms with Crippen molar-refractivity contribution in [1.29, 1.82) is 0 Å². The minimum Gasteiger partial charge on any atom is -0.465 e. The van der Waals surface area contributed by atoms with Crippen molar-refractivity contribution in [2.45, 2.75) is 59.2 Å². The van der Waals surface area contributed by atoms with Gasteiger partial charge in [-0.2, -0.15) is 0 Å². The van der Waals surface area contributed by atoms with Crippen LogP contribution in [-0.2, 0) is 4.74 Å². The largest absolute Gasteiger partial charge is 0.465 e. The Morgan fingerprint density at radius 3 is 1.89 bits per heavy atom. The maximum atomic E-state index is 5.49. The fourth-order valence-electron chi connectivity index (χ4n) is 1.45. The number of rotatable bonds is 7. The predicted octanol–water partition coefficient (Wildman–Crippen LogP) is 5.03. The van der Waals surface area contributed by atoms with Crippen molar-refractivity contribution >= 4 is 0 Å². The first-order chi connectivity index (χ1) is 8.78. The lowest BCUT2D eigenvalue weighted by molar-refractivity contribution is -0.0548. The molecule has 18 heavy (non-hydrogen) atoms. The summed E-state index contributed by atoms with van der Waals surface area (Å²) >= 11 is 0. The van der Waals surface area contributed by atoms with Crippen LogP contribution in [0.4, 0.5) is 0 Å². The molecule has 1 rings (SSSR count). The molecule has 0 amide bonds. The number of hydrogen-bond donors (Lipinski definition) is 0. The molecular formula is C16H28O2. The van der Waals surface area contributed by atoms with Gasteiger partial charge in [-0.25, -0.2) is 0 Å². The van der Waals surface area contributed by atoms with Crippen LogP contribution in [0.2, 0.25) is 0 Å². The van der Waals surface area contributed by atoms with Gasteiger partial charge >= 0.3 is 0 Å². The van der Waals surface area contributed by atoms with Crippen molar-refractivity contribution < 1.29 is 9.47 Å². The van der Waals surface area contributed by atoms with E-state index in [0.29, 0.717) is 0 Å². The Bertz CT molecular complexity index is 251. The highest BCUT2D eigenvalue weighted by Crippen LogP contribution is 2.12. The van der Waals surface area contributed by atoms with Gasteiger partial charge in [-0.1, -0.05) is 64.7 Å². The third-order valence-electron chi connectivity index (χ3n) is 2.56. The van der Waals surface area contributed by atoms with Crippen LogP contribution in [0.15, 0.2) is 30.3 Å². The van der Waals surface area contributed by atoms with Gasteiger partial charge in [0.2, 0.25) is 0 Å². The maximum absolute atomic E-state index is 5.49. The molecule has 0 aliphatic rings. The first-order valence-corrected chi connectivity index (χ1v) is 7.02. The minimum absolute atomic E-state index is 0.132. The van der Waals surface area contributed by atoms with Crippen LogP contribution >= 0.6 is 0 Å². The highest BCUT2D eigenvalue weighted by atomic mass is 16.7. The van der Waals surface area contributed by atoms with Crippen LogP contribution in [0.25, 0.3) is 0 Å². The normalized spacial score (nSPS) is 11.3. The SMILES string of the molecule is CCC(OC)Oc1ccccc1.CCCCCC. The summed E-state index contributed by atoms with van der Waals surface area (Å²) in [7, 11) is 1.65. The molecule has 104 valence electrons. The molecule has 0 saturated heterocycles. The fourth-order valence-corrected chi connectivity index (χ4v) is 1.45. The molecule has 2 nitrogen and oxygen atoms in total. The molecule has 0 radical (unpaired) electrons. The van der Waals surface area contributed by atoms with E-state index in [-0.39, 0.29) is 6.29 Å². The average molecular weight is 252 g/mol. The van der Waals surface area contributed by atoms with Crippen molar-refractivity contribution in [1.82, 2.24) is 0 Å². The third-order valence-corrected chi connectivity index (χ3v) is 2.56. The third kappa shape index (κ3) is 9.06. The molecular weight excluding hydrogens is 224 g/mol. The van der Waals surface area contributed by atoms with Gasteiger partial charge in [-0.3, -0.25) is 0 Å². The summed E-state index contributed by atoms with van der Waals surface area (Å²) in [5, 5.41) is 0. The maximum Gasteiger partial charge on any atom is 0.199 e. The second-order valence-electron chi connectivity index (χ2n) is 4.21. The predicted molar refractivity (Wildman–Crippen MR) is 78.0 cm³/mol. The molecule has 1 aromatic rings. The average Bonchev–Trinajstić information content (AvgIpc) is 2.44. The number of para-hydroxylation sites is 1. The molecule has 0 spiro atoms. The highest BCUT2D eigenvalue weighted by molar-refractivity contribution is 5.20. The lowest BCUT2D eigenvalue weighted by atomic mass is 10.2. The summed E-state index contributed by atoms with van der Waals surface area (Å²) in [6, 6.07) is 9.68. The van der Waals surface area contributed by atoms with Gasteiger partial charge in [0.1, 0.15) is 5.75 Å². The monoisotopic (exact) mass is 252 g/mol. The number of ether oxygens (including phenoxy) is 2. The topological polar surface area (TPSA) is 18.5 Å². The molecule has 2 heteroatoms. The Morgan fingerprint density at radius 1 is 0.944 bits per heavy atom. The van der Waals surface area contributed by atoms with E-state index >= 15 is 0 Å². The zero-order valence-corrected chi connectivity index (χ0v) is 12.3. The van der Waals surface area contributed by atoms with Crippen molar-refractivity contribution in [3.8, 4) is 5.75 Å². The molecule has 0 saturated carbocycles. The van der Waals surface area contributed by atoms with E-state index in [1.54, 1.807) is 7.11 Å². The van der Waals surface area contributed by atoms with Crippen molar-refractivity contribution in [2.24, 2.45) is 0 Å². The van der Waals surface area contributed by atoms with E-state index in [1.807, 2.05) is 37.3 Å². The first kappa shape index (κ1) is 17.0. The van der Waals surface area contributed by atoms with Gasteiger partial charge in [-0.05, 0) is 12.1 Å². The van der Waals surface area contributed by atoms with Gasteiger partial charge in [0, 0.05) is 13.5 Å². The lowest BCUT2D eigenvalue weighted by Gasteiger charge is -2.14. The molecule has 0 aromatic heterocycles. The summed E-state index contributed by atoms with van der Waals surface area (Å²) in [4.78, 5) is 0. The van der Waals surface area contributed by atoms with E-state index in [9.17, 15) is 0 Å². The zero-order chi connectivity index (χ0) is 13.6. The molecule has 0 heterocycles. The number of hydrogen-bond acceptors (Lipinski definition) is 2. The standard InChI is InChI=1S/C10H14O2.C6H14/c1-3-10(11-2)12-9-7-5-4-6-8-9;1-3-5-6-4-2/h4-8,10H,3H2,1-2H3;3-6H2,1-2H3. The Balaban J connectivity index is 0.000000411. The quantitative estimate of drug-likeness (QED) is 0.500. The summed E-state index contributed by atoms with van der Waals surface area (Å²) in [6.07, 6.45) is 6.26. The van der Waals surface area contributed by atoms with Crippen LogP contribution in [-0.4, -0.2) is 13.4 Å². The first-order valence-electron chi connectivity index (χ1n) is 7.02. The smallest absolute Gasteiger partial charge is 0.199 e. The van der Waals surface area contributed by atoms with E-state index in [0.717, 1.165) is 12.2 Å². The Hall–Kier alpha value is -1.02. The lowest BCUT2D eigenvalue weighted by Crippen LogP contribution is -2.16. The summed E-state index contributed by atoms with van der Waals surface area (Å²) in [6.45, 7) is 6.49. The summed E-state index contributed by atoms with van der Waals surface area (Å²) in [5.41, 5.74) is 0. The molecule has 0 fully saturated rings. The second-order valence-corrected chi connectivity index (χ2v) is 4.21. The van der Waals surface area contributed by atoms with Crippen LogP contribution < -0.4 is 4.74 Å². The summed E-state index contributed by atoms with van der Waals surface area (Å²) < 4.78 is 10.6. The van der Waals surface area contributed by atoms with Gasteiger partial charge in [0.25, 0.3) is 0 Å². The van der Waals surface area contributed by atoms with Crippen molar-refractivity contribution in [2.75, 3.05) is 7.11 Å². The summed E-state index contributed by atoms with van der Waals surface area (Å²) in [5.74, 6) is 0.853. The van der Waals surface area contributed by atoms with Gasteiger partial charge in [0.15, 0.2) is 6.29 Å². The Morgan fingerprint density at radius 2 is 1.50 bits per heavy atom. The number of benzene rings is 1. The number of methoxy groups -OCH3 is 1. The Kier molecular flexibility index (Phi) is 11.7. The van der Waals surface area contributed by atoms with Crippen LogP contribution in [0.5, 0.6) is 5.75 Å². The van der Waals surface area contributed by atoms with E-state index in [2.05, 4.69) is 13.8 Å². The number of unbranched alkanes of at least 4 members (excludes halogenated alkanes) is 3. The van der Waals surface area contributed by atoms with E-state index in [1.165, 1.54) is 25.7 Å². The van der Waals surface area contributed by atoms with Gasteiger partial charge < -0.3 is 9.47 Å². The van der Waals surface area contributed by atoms with E-state index < -0.39 is 0 Å². The van der Waals surface area contributed by atoms with Crippen LogP contribution in [0, 0.1) is 0 Å².